The molecule has 1 heteroatoms. The number of fused-ring (bicyclic) bond motifs is 13. The van der Waals surface area contributed by atoms with Gasteiger partial charge in [0.05, 0.1) is 11.1 Å². The molecule has 13 rings (SSSR count). The lowest BCUT2D eigenvalue weighted by molar-refractivity contribution is 0.660. The molecule has 0 heterocycles. The molecule has 65 heavy (non-hydrogen) atoms. The van der Waals surface area contributed by atoms with E-state index in [2.05, 4.69) is 255 Å². The number of rotatable bonds is 6. The van der Waals surface area contributed by atoms with Gasteiger partial charge in [-0.2, -0.15) is 0 Å². The minimum atomic E-state index is -0.418. The zero-order valence-electron chi connectivity index (χ0n) is 36.5. The summed E-state index contributed by atoms with van der Waals surface area (Å²) in [7, 11) is 0. The Morgan fingerprint density at radius 1 is 0.277 bits per heavy atom. The van der Waals surface area contributed by atoms with Crippen LogP contribution in [0.15, 0.2) is 237 Å². The molecule has 0 aliphatic heterocycles. The summed E-state index contributed by atoms with van der Waals surface area (Å²) in [6.45, 7) is 4.73. The lowest BCUT2D eigenvalue weighted by Gasteiger charge is -2.32. The van der Waals surface area contributed by atoms with E-state index in [1.165, 1.54) is 100 Å². The first-order valence-electron chi connectivity index (χ1n) is 22.8. The molecule has 306 valence electrons. The Kier molecular flexibility index (Phi) is 8.24. The van der Waals surface area contributed by atoms with E-state index in [4.69, 9.17) is 0 Å². The number of anilines is 3. The molecule has 10 aromatic carbocycles. The first-order chi connectivity index (χ1) is 32.0. The second-order valence-electron chi connectivity index (χ2n) is 18.3. The number of hydrogen-bond acceptors (Lipinski definition) is 1. The third-order valence-corrected chi connectivity index (χ3v) is 14.7. The van der Waals surface area contributed by atoms with Crippen LogP contribution < -0.4 is 4.90 Å². The molecular formula is C64H45N. The summed E-state index contributed by atoms with van der Waals surface area (Å²) in [5.74, 6) is 0. The molecule has 0 fully saturated rings. The minimum absolute atomic E-state index is 0.109. The summed E-state index contributed by atoms with van der Waals surface area (Å²) in [6.07, 6.45) is 0. The second-order valence-corrected chi connectivity index (χ2v) is 18.3. The van der Waals surface area contributed by atoms with Crippen molar-refractivity contribution in [3.05, 3.63) is 270 Å². The van der Waals surface area contributed by atoms with Crippen LogP contribution in [0.4, 0.5) is 17.1 Å². The van der Waals surface area contributed by atoms with Crippen LogP contribution in [0.2, 0.25) is 0 Å². The van der Waals surface area contributed by atoms with E-state index in [0.29, 0.717) is 0 Å². The smallest absolute Gasteiger partial charge is 0.0725 e. The molecule has 0 aromatic heterocycles. The molecule has 3 aliphatic carbocycles. The van der Waals surface area contributed by atoms with Gasteiger partial charge in [0.25, 0.3) is 0 Å². The third-order valence-electron chi connectivity index (χ3n) is 14.7. The zero-order chi connectivity index (χ0) is 43.3. The van der Waals surface area contributed by atoms with Crippen LogP contribution in [-0.4, -0.2) is 0 Å². The maximum atomic E-state index is 2.54. The SMILES string of the molecule is CC1(C)c2ccccc2-c2cc(N(c3ccc4c(c3)-c3ccccc3C43c4ccccc4-c4ccccc43)c3cccc(-c4ccccc4)c3-c3ccccc3-c3ccccc3)ccc21. The predicted octanol–water partition coefficient (Wildman–Crippen LogP) is 16.8. The van der Waals surface area contributed by atoms with E-state index in [0.717, 1.165) is 17.1 Å². The predicted molar refractivity (Wildman–Crippen MR) is 271 cm³/mol. The Bertz CT molecular complexity index is 3480. The molecule has 0 saturated heterocycles. The van der Waals surface area contributed by atoms with Crippen molar-refractivity contribution in [3.8, 4) is 66.8 Å². The van der Waals surface area contributed by atoms with Gasteiger partial charge in [-0.3, -0.25) is 0 Å². The van der Waals surface area contributed by atoms with Gasteiger partial charge in [-0.05, 0) is 125 Å². The van der Waals surface area contributed by atoms with Gasteiger partial charge < -0.3 is 4.90 Å². The highest BCUT2D eigenvalue weighted by Crippen LogP contribution is 2.63. The molecule has 0 unspecified atom stereocenters. The average molecular weight is 828 g/mol. The third kappa shape index (κ3) is 5.33. The Labute approximate surface area is 381 Å². The van der Waals surface area contributed by atoms with E-state index in [-0.39, 0.29) is 5.41 Å². The van der Waals surface area contributed by atoms with Gasteiger partial charge in [0.2, 0.25) is 0 Å². The number of benzene rings is 10. The molecular weight excluding hydrogens is 783 g/mol. The van der Waals surface area contributed by atoms with Crippen LogP contribution in [0.5, 0.6) is 0 Å². The highest BCUT2D eigenvalue weighted by atomic mass is 15.1. The first-order valence-corrected chi connectivity index (χ1v) is 22.8. The standard InChI is InChI=1S/C64H45N/c1-63(2)55-31-15-11-27-50(55)53-40-44(36-38-56(53)63)65(61-35-19-30-47(43-22-7-4-8-23-43)62(61)52-29-10-9-24-46(52)42-20-5-3-6-21-42)45-37-39-60-54(41-45)51-28-14-18-34-59(51)64(60)57-32-16-12-25-48(57)49-26-13-17-33-58(49)64/h3-41H,1-2H3. The van der Waals surface area contributed by atoms with E-state index < -0.39 is 5.41 Å². The van der Waals surface area contributed by atoms with E-state index in [9.17, 15) is 0 Å². The number of hydrogen-bond donors (Lipinski definition) is 0. The maximum Gasteiger partial charge on any atom is 0.0725 e. The normalized spacial score (nSPS) is 13.9. The summed E-state index contributed by atoms with van der Waals surface area (Å²) in [5.41, 5.74) is 25.9. The van der Waals surface area contributed by atoms with Crippen molar-refractivity contribution in [2.24, 2.45) is 0 Å². The summed E-state index contributed by atoms with van der Waals surface area (Å²) < 4.78 is 0. The van der Waals surface area contributed by atoms with E-state index in [1.807, 2.05) is 0 Å². The maximum absolute atomic E-state index is 2.54. The second kappa shape index (κ2) is 14.3. The Morgan fingerprint density at radius 2 is 0.646 bits per heavy atom. The Hall–Kier alpha value is -8.00. The Balaban J connectivity index is 1.11. The fraction of sp³-hybridized carbons (Fsp3) is 0.0625. The van der Waals surface area contributed by atoms with Crippen LogP contribution in [0.3, 0.4) is 0 Å². The van der Waals surface area contributed by atoms with Crippen molar-refractivity contribution in [1.82, 2.24) is 0 Å². The molecule has 0 radical (unpaired) electrons. The zero-order valence-corrected chi connectivity index (χ0v) is 36.5. The average Bonchev–Trinajstić information content (AvgIpc) is 3.92. The molecule has 0 atom stereocenters. The summed E-state index contributed by atoms with van der Waals surface area (Å²) >= 11 is 0. The summed E-state index contributed by atoms with van der Waals surface area (Å²) in [6, 6.07) is 88.3. The van der Waals surface area contributed by atoms with Gasteiger partial charge in [-0.15, -0.1) is 0 Å². The molecule has 3 aliphatic rings. The largest absolute Gasteiger partial charge is 0.310 e. The van der Waals surface area contributed by atoms with Gasteiger partial charge in [-0.25, -0.2) is 0 Å². The minimum Gasteiger partial charge on any atom is -0.310 e. The van der Waals surface area contributed by atoms with Crippen LogP contribution in [0.1, 0.15) is 47.2 Å². The first kappa shape index (κ1) is 37.5. The van der Waals surface area contributed by atoms with Crippen LogP contribution in [0, 0.1) is 0 Å². The van der Waals surface area contributed by atoms with Crippen molar-refractivity contribution < 1.29 is 0 Å². The van der Waals surface area contributed by atoms with Gasteiger partial charge >= 0.3 is 0 Å². The van der Waals surface area contributed by atoms with Gasteiger partial charge in [-0.1, -0.05) is 220 Å². The quantitative estimate of drug-likeness (QED) is 0.161. The molecule has 10 aromatic rings. The summed E-state index contributed by atoms with van der Waals surface area (Å²) in [5, 5.41) is 0. The van der Waals surface area contributed by atoms with E-state index >= 15 is 0 Å². The summed E-state index contributed by atoms with van der Waals surface area (Å²) in [4.78, 5) is 2.54. The van der Waals surface area contributed by atoms with Crippen molar-refractivity contribution >= 4 is 17.1 Å². The van der Waals surface area contributed by atoms with Gasteiger partial charge in [0.1, 0.15) is 0 Å². The molecule has 0 saturated carbocycles. The number of nitrogens with zero attached hydrogens (tertiary/aromatic N) is 1. The van der Waals surface area contributed by atoms with Crippen LogP contribution in [-0.2, 0) is 10.8 Å². The van der Waals surface area contributed by atoms with Crippen molar-refractivity contribution in [2.75, 3.05) is 4.90 Å². The lowest BCUT2D eigenvalue weighted by atomic mass is 9.70. The van der Waals surface area contributed by atoms with Crippen molar-refractivity contribution in [3.63, 3.8) is 0 Å². The molecule has 0 N–H and O–H groups in total. The van der Waals surface area contributed by atoms with Crippen molar-refractivity contribution in [2.45, 2.75) is 24.7 Å². The van der Waals surface area contributed by atoms with Gasteiger partial charge in [0.15, 0.2) is 0 Å². The fourth-order valence-electron chi connectivity index (χ4n) is 11.9. The molecule has 1 spiro atoms. The fourth-order valence-corrected chi connectivity index (χ4v) is 11.9. The Morgan fingerprint density at radius 3 is 1.22 bits per heavy atom. The lowest BCUT2D eigenvalue weighted by Crippen LogP contribution is -2.25. The van der Waals surface area contributed by atoms with Crippen molar-refractivity contribution in [1.29, 1.82) is 0 Å². The molecule has 0 bridgehead atoms. The molecule has 0 amide bonds. The highest BCUT2D eigenvalue weighted by molar-refractivity contribution is 6.03. The van der Waals surface area contributed by atoms with Crippen LogP contribution in [0.25, 0.3) is 66.8 Å². The molecule has 1 nitrogen and oxygen atoms in total. The van der Waals surface area contributed by atoms with E-state index in [1.54, 1.807) is 0 Å². The highest BCUT2D eigenvalue weighted by Gasteiger charge is 2.51. The monoisotopic (exact) mass is 827 g/mol. The van der Waals surface area contributed by atoms with Crippen LogP contribution >= 0.6 is 0 Å². The topological polar surface area (TPSA) is 3.24 Å². The van der Waals surface area contributed by atoms with Gasteiger partial charge in [0, 0.05) is 22.4 Å².